The first-order valence-electron chi connectivity index (χ1n) is 6.86. The van der Waals surface area contributed by atoms with Gasteiger partial charge in [0, 0.05) is 25.3 Å². The number of likely N-dealkylation sites (N-methyl/N-ethyl adjacent to an activating group) is 1. The van der Waals surface area contributed by atoms with Gasteiger partial charge in [-0.3, -0.25) is 0 Å². The zero-order valence-corrected chi connectivity index (χ0v) is 10.7. The van der Waals surface area contributed by atoms with Gasteiger partial charge in [-0.15, -0.1) is 0 Å². The van der Waals surface area contributed by atoms with Crippen LogP contribution < -0.4 is 4.90 Å². The van der Waals surface area contributed by atoms with Gasteiger partial charge in [-0.2, -0.15) is 0 Å². The third kappa shape index (κ3) is 2.32. The predicted molar refractivity (Wildman–Crippen MR) is 72.7 cm³/mol. The van der Waals surface area contributed by atoms with Crippen molar-refractivity contribution in [2.75, 3.05) is 38.1 Å². The fourth-order valence-electron chi connectivity index (χ4n) is 3.14. The summed E-state index contributed by atoms with van der Waals surface area (Å²) in [6, 6.07) is 9.33. The average molecular weight is 230 g/mol. The van der Waals surface area contributed by atoms with Gasteiger partial charge in [0.2, 0.25) is 0 Å². The van der Waals surface area contributed by atoms with Crippen LogP contribution in [0.1, 0.15) is 30.7 Å². The molecule has 2 heteroatoms. The summed E-state index contributed by atoms with van der Waals surface area (Å²) in [7, 11) is 2.22. The van der Waals surface area contributed by atoms with Crippen LogP contribution in [0.3, 0.4) is 0 Å². The predicted octanol–water partition coefficient (Wildman–Crippen LogP) is 2.71. The quantitative estimate of drug-likeness (QED) is 0.771. The highest BCUT2D eigenvalue weighted by molar-refractivity contribution is 5.48. The molecule has 17 heavy (non-hydrogen) atoms. The molecule has 0 radical (unpaired) electrons. The number of hydrogen-bond acceptors (Lipinski definition) is 2. The molecule has 0 N–H and O–H groups in total. The van der Waals surface area contributed by atoms with E-state index in [9.17, 15) is 0 Å². The van der Waals surface area contributed by atoms with E-state index in [-0.39, 0.29) is 0 Å². The van der Waals surface area contributed by atoms with Gasteiger partial charge in [0.1, 0.15) is 0 Å². The Labute approximate surface area is 104 Å². The largest absolute Gasteiger partial charge is 0.372 e. The van der Waals surface area contributed by atoms with Crippen LogP contribution in [-0.2, 0) is 0 Å². The summed E-state index contributed by atoms with van der Waals surface area (Å²) in [5, 5.41) is 0. The van der Waals surface area contributed by atoms with Gasteiger partial charge in [0.15, 0.2) is 0 Å². The second-order valence-electron chi connectivity index (χ2n) is 5.53. The van der Waals surface area contributed by atoms with Crippen molar-refractivity contribution < 1.29 is 0 Å². The molecule has 1 unspecified atom stereocenters. The van der Waals surface area contributed by atoms with Crippen LogP contribution in [0.2, 0.25) is 0 Å². The maximum atomic E-state index is 2.50. The molecular weight excluding hydrogens is 208 g/mol. The topological polar surface area (TPSA) is 6.48 Å². The Bertz CT molecular complexity index is 365. The molecule has 0 spiro atoms. The van der Waals surface area contributed by atoms with Crippen LogP contribution >= 0.6 is 0 Å². The molecular formula is C15H22N2. The number of anilines is 1. The van der Waals surface area contributed by atoms with Gasteiger partial charge in [-0.05, 0) is 56.5 Å². The van der Waals surface area contributed by atoms with Crippen molar-refractivity contribution >= 4 is 5.69 Å². The highest BCUT2D eigenvalue weighted by Crippen LogP contribution is 2.28. The van der Waals surface area contributed by atoms with Crippen molar-refractivity contribution in [3.05, 3.63) is 29.8 Å². The zero-order valence-electron chi connectivity index (χ0n) is 10.7. The SMILES string of the molecule is CN1CCC(c2ccc(N3CCCC3)cc2)C1. The van der Waals surface area contributed by atoms with Crippen molar-refractivity contribution in [1.29, 1.82) is 0 Å². The highest BCUT2D eigenvalue weighted by atomic mass is 15.1. The number of nitrogens with zero attached hydrogens (tertiary/aromatic N) is 2. The standard InChI is InChI=1S/C15H22N2/c1-16-11-8-14(12-16)13-4-6-15(7-5-13)17-9-2-3-10-17/h4-7,14H,2-3,8-12H2,1H3. The van der Waals surface area contributed by atoms with Crippen molar-refractivity contribution in [2.24, 2.45) is 0 Å². The summed E-state index contributed by atoms with van der Waals surface area (Å²) < 4.78 is 0. The summed E-state index contributed by atoms with van der Waals surface area (Å²) in [5.74, 6) is 0.757. The minimum atomic E-state index is 0.757. The number of benzene rings is 1. The molecule has 0 amide bonds. The maximum Gasteiger partial charge on any atom is 0.0366 e. The fraction of sp³-hybridized carbons (Fsp3) is 0.600. The molecule has 1 aromatic carbocycles. The Morgan fingerprint density at radius 2 is 1.71 bits per heavy atom. The van der Waals surface area contributed by atoms with Crippen LogP contribution in [0.15, 0.2) is 24.3 Å². The molecule has 0 bridgehead atoms. The van der Waals surface area contributed by atoms with E-state index in [1.54, 1.807) is 0 Å². The van der Waals surface area contributed by atoms with Crippen LogP contribution in [-0.4, -0.2) is 38.1 Å². The van der Waals surface area contributed by atoms with Crippen molar-refractivity contribution in [1.82, 2.24) is 4.90 Å². The van der Waals surface area contributed by atoms with Gasteiger partial charge < -0.3 is 9.80 Å². The van der Waals surface area contributed by atoms with Gasteiger partial charge in [-0.25, -0.2) is 0 Å². The normalized spacial score (nSPS) is 25.7. The van der Waals surface area contributed by atoms with Crippen molar-refractivity contribution in [3.8, 4) is 0 Å². The minimum Gasteiger partial charge on any atom is -0.372 e. The maximum absolute atomic E-state index is 2.50. The van der Waals surface area contributed by atoms with E-state index >= 15 is 0 Å². The molecule has 2 heterocycles. The molecule has 2 fully saturated rings. The van der Waals surface area contributed by atoms with Gasteiger partial charge in [-0.1, -0.05) is 12.1 Å². The second kappa shape index (κ2) is 4.69. The van der Waals surface area contributed by atoms with Crippen molar-refractivity contribution in [2.45, 2.75) is 25.2 Å². The smallest absolute Gasteiger partial charge is 0.0366 e. The Kier molecular flexibility index (Phi) is 3.06. The Hall–Kier alpha value is -1.02. The lowest BCUT2D eigenvalue weighted by Crippen LogP contribution is -2.17. The van der Waals surface area contributed by atoms with E-state index in [0.29, 0.717) is 0 Å². The molecule has 3 rings (SSSR count). The van der Waals surface area contributed by atoms with Crippen LogP contribution in [0, 0.1) is 0 Å². The van der Waals surface area contributed by atoms with Crippen LogP contribution in [0.5, 0.6) is 0 Å². The summed E-state index contributed by atoms with van der Waals surface area (Å²) in [4.78, 5) is 4.93. The monoisotopic (exact) mass is 230 g/mol. The molecule has 2 saturated heterocycles. The third-order valence-corrected chi connectivity index (χ3v) is 4.23. The molecule has 1 aromatic rings. The lowest BCUT2D eigenvalue weighted by Gasteiger charge is -2.18. The lowest BCUT2D eigenvalue weighted by molar-refractivity contribution is 0.411. The highest BCUT2D eigenvalue weighted by Gasteiger charge is 2.21. The molecule has 0 aliphatic carbocycles. The summed E-state index contributed by atoms with van der Waals surface area (Å²) in [6.07, 6.45) is 4.03. The minimum absolute atomic E-state index is 0.757. The number of hydrogen-bond donors (Lipinski definition) is 0. The number of likely N-dealkylation sites (tertiary alicyclic amines) is 1. The van der Waals surface area contributed by atoms with Gasteiger partial charge in [0.25, 0.3) is 0 Å². The lowest BCUT2D eigenvalue weighted by atomic mass is 9.98. The number of rotatable bonds is 2. The average Bonchev–Trinajstić information content (AvgIpc) is 3.00. The molecule has 2 aliphatic rings. The van der Waals surface area contributed by atoms with E-state index in [1.807, 2.05) is 0 Å². The van der Waals surface area contributed by atoms with Crippen LogP contribution in [0.25, 0.3) is 0 Å². The second-order valence-corrected chi connectivity index (χ2v) is 5.53. The van der Waals surface area contributed by atoms with E-state index in [4.69, 9.17) is 0 Å². The first kappa shape index (κ1) is 11.1. The van der Waals surface area contributed by atoms with E-state index < -0.39 is 0 Å². The molecule has 2 nitrogen and oxygen atoms in total. The first-order valence-corrected chi connectivity index (χ1v) is 6.86. The van der Waals surface area contributed by atoms with E-state index in [1.165, 1.54) is 56.7 Å². The summed E-state index contributed by atoms with van der Waals surface area (Å²) in [5.41, 5.74) is 2.94. The molecule has 2 aliphatic heterocycles. The molecule has 1 atom stereocenters. The zero-order chi connectivity index (χ0) is 11.7. The van der Waals surface area contributed by atoms with E-state index in [2.05, 4.69) is 41.1 Å². The molecule has 92 valence electrons. The van der Waals surface area contributed by atoms with Crippen LogP contribution in [0.4, 0.5) is 5.69 Å². The Morgan fingerprint density at radius 1 is 1.00 bits per heavy atom. The third-order valence-electron chi connectivity index (χ3n) is 4.23. The van der Waals surface area contributed by atoms with Crippen molar-refractivity contribution in [3.63, 3.8) is 0 Å². The van der Waals surface area contributed by atoms with E-state index in [0.717, 1.165) is 5.92 Å². The Morgan fingerprint density at radius 3 is 2.29 bits per heavy atom. The first-order chi connectivity index (χ1) is 8.33. The fourth-order valence-corrected chi connectivity index (χ4v) is 3.14. The summed E-state index contributed by atoms with van der Waals surface area (Å²) >= 11 is 0. The Balaban J connectivity index is 1.71. The molecule has 0 aromatic heterocycles. The van der Waals surface area contributed by atoms with Gasteiger partial charge >= 0.3 is 0 Å². The van der Waals surface area contributed by atoms with Gasteiger partial charge in [0.05, 0.1) is 0 Å². The summed E-state index contributed by atoms with van der Waals surface area (Å²) in [6.45, 7) is 4.96. The molecule has 0 saturated carbocycles.